The van der Waals surface area contributed by atoms with Crippen molar-refractivity contribution in [3.63, 3.8) is 0 Å². The molecule has 0 saturated carbocycles. The van der Waals surface area contributed by atoms with Crippen LogP contribution in [-0.4, -0.2) is 21.9 Å². The van der Waals surface area contributed by atoms with Gasteiger partial charge in [0.05, 0.1) is 5.56 Å². The van der Waals surface area contributed by atoms with E-state index in [2.05, 4.69) is 4.98 Å². The fraction of sp³-hybridized carbons (Fsp3) is 0.250. The lowest BCUT2D eigenvalue weighted by Crippen LogP contribution is -2.42. The van der Waals surface area contributed by atoms with Crippen molar-refractivity contribution in [2.45, 2.75) is 19.9 Å². The van der Waals surface area contributed by atoms with E-state index in [0.717, 1.165) is 10.9 Å². The summed E-state index contributed by atoms with van der Waals surface area (Å²) < 4.78 is 0. The largest absolute Gasteiger partial charge is 0.360 e. The van der Waals surface area contributed by atoms with E-state index in [1.165, 1.54) is 5.01 Å². The Morgan fingerprint density at radius 3 is 2.75 bits per heavy atom. The monoisotopic (exact) mass is 217 g/mol. The smallest absolute Gasteiger partial charge is 0.270 e. The van der Waals surface area contributed by atoms with E-state index in [1.807, 2.05) is 38.1 Å². The maximum atomic E-state index is 12.0. The van der Waals surface area contributed by atoms with Crippen molar-refractivity contribution in [3.05, 3.63) is 36.0 Å². The Morgan fingerprint density at radius 2 is 2.06 bits per heavy atom. The number of fused-ring (bicyclic) bond motifs is 1. The van der Waals surface area contributed by atoms with Gasteiger partial charge in [0.25, 0.3) is 5.91 Å². The van der Waals surface area contributed by atoms with Crippen molar-refractivity contribution in [1.29, 1.82) is 0 Å². The van der Waals surface area contributed by atoms with Crippen molar-refractivity contribution in [1.82, 2.24) is 9.99 Å². The van der Waals surface area contributed by atoms with Gasteiger partial charge in [0, 0.05) is 23.1 Å². The number of rotatable bonds is 2. The van der Waals surface area contributed by atoms with Gasteiger partial charge < -0.3 is 4.98 Å². The van der Waals surface area contributed by atoms with Gasteiger partial charge in [-0.05, 0) is 19.9 Å². The fourth-order valence-electron chi connectivity index (χ4n) is 1.62. The molecule has 0 aliphatic heterocycles. The first-order valence-electron chi connectivity index (χ1n) is 5.25. The van der Waals surface area contributed by atoms with Gasteiger partial charge in [-0.1, -0.05) is 18.2 Å². The topological polar surface area (TPSA) is 62.1 Å². The molecule has 84 valence electrons. The summed E-state index contributed by atoms with van der Waals surface area (Å²) in [6.07, 6.45) is 1.70. The number of carbonyl (C=O) groups is 1. The van der Waals surface area contributed by atoms with Crippen molar-refractivity contribution < 1.29 is 4.79 Å². The number of H-pyrrole nitrogens is 1. The molecule has 2 aromatic rings. The SMILES string of the molecule is CC(C)N(N)C(=O)c1c[nH]c2ccccc12. The molecule has 0 aliphatic rings. The second-order valence-corrected chi connectivity index (χ2v) is 4.05. The summed E-state index contributed by atoms with van der Waals surface area (Å²) in [6, 6.07) is 7.66. The van der Waals surface area contributed by atoms with Crippen LogP contribution in [0.2, 0.25) is 0 Å². The average molecular weight is 217 g/mol. The predicted octanol–water partition coefficient (Wildman–Crippen LogP) is 1.89. The summed E-state index contributed by atoms with van der Waals surface area (Å²) in [5.74, 6) is 5.55. The van der Waals surface area contributed by atoms with E-state index in [9.17, 15) is 4.79 Å². The molecule has 0 unspecified atom stereocenters. The molecule has 2 rings (SSSR count). The molecule has 1 aromatic carbocycles. The average Bonchev–Trinajstić information content (AvgIpc) is 2.70. The number of nitrogens with two attached hydrogens (primary N) is 1. The molecule has 0 fully saturated rings. The van der Waals surface area contributed by atoms with E-state index in [-0.39, 0.29) is 11.9 Å². The van der Waals surface area contributed by atoms with E-state index in [0.29, 0.717) is 5.56 Å². The zero-order valence-corrected chi connectivity index (χ0v) is 9.40. The summed E-state index contributed by atoms with van der Waals surface area (Å²) >= 11 is 0. The van der Waals surface area contributed by atoms with Crippen molar-refractivity contribution in [2.75, 3.05) is 0 Å². The van der Waals surface area contributed by atoms with Crippen LogP contribution < -0.4 is 5.84 Å². The molecule has 0 radical (unpaired) electrons. The van der Waals surface area contributed by atoms with Crippen LogP contribution in [0.5, 0.6) is 0 Å². The van der Waals surface area contributed by atoms with Gasteiger partial charge in [-0.25, -0.2) is 5.84 Å². The van der Waals surface area contributed by atoms with Crippen LogP contribution in [0.1, 0.15) is 24.2 Å². The Bertz CT molecular complexity index is 516. The number of nitrogens with zero attached hydrogens (tertiary/aromatic N) is 1. The van der Waals surface area contributed by atoms with Crippen LogP contribution >= 0.6 is 0 Å². The normalized spacial score (nSPS) is 11.0. The van der Waals surface area contributed by atoms with Crippen LogP contribution in [0.25, 0.3) is 10.9 Å². The Morgan fingerprint density at radius 1 is 1.38 bits per heavy atom. The van der Waals surface area contributed by atoms with Crippen LogP contribution in [0.15, 0.2) is 30.5 Å². The molecule has 0 bridgehead atoms. The molecule has 0 saturated heterocycles. The number of hydrogen-bond donors (Lipinski definition) is 2. The van der Waals surface area contributed by atoms with E-state index < -0.39 is 0 Å². The molecule has 0 spiro atoms. The van der Waals surface area contributed by atoms with Crippen molar-refractivity contribution in [3.8, 4) is 0 Å². The Hall–Kier alpha value is -1.81. The number of benzene rings is 1. The van der Waals surface area contributed by atoms with Gasteiger partial charge >= 0.3 is 0 Å². The first-order valence-corrected chi connectivity index (χ1v) is 5.25. The van der Waals surface area contributed by atoms with E-state index in [4.69, 9.17) is 5.84 Å². The lowest BCUT2D eigenvalue weighted by Gasteiger charge is -2.20. The standard InChI is InChI=1S/C12H15N3O/c1-8(2)15(13)12(16)10-7-14-11-6-4-3-5-9(10)11/h3-8,14H,13H2,1-2H3. The zero-order chi connectivity index (χ0) is 11.7. The third-order valence-electron chi connectivity index (χ3n) is 2.61. The minimum absolute atomic E-state index is 0.0128. The Labute approximate surface area is 94.0 Å². The maximum Gasteiger partial charge on any atom is 0.270 e. The summed E-state index contributed by atoms with van der Waals surface area (Å²) in [7, 11) is 0. The minimum atomic E-state index is -0.160. The Kier molecular flexibility index (Phi) is 2.66. The van der Waals surface area contributed by atoms with Gasteiger partial charge in [0.1, 0.15) is 0 Å². The molecule has 1 aromatic heterocycles. The highest BCUT2D eigenvalue weighted by Gasteiger charge is 2.18. The second-order valence-electron chi connectivity index (χ2n) is 4.05. The van der Waals surface area contributed by atoms with Gasteiger partial charge in [-0.3, -0.25) is 9.80 Å². The molecule has 4 nitrogen and oxygen atoms in total. The van der Waals surface area contributed by atoms with Gasteiger partial charge in [-0.2, -0.15) is 0 Å². The number of nitrogens with one attached hydrogen (secondary N) is 1. The molecule has 0 aliphatic carbocycles. The lowest BCUT2D eigenvalue weighted by molar-refractivity contribution is 0.0708. The highest BCUT2D eigenvalue weighted by molar-refractivity contribution is 6.06. The number of hydrazine groups is 1. The molecule has 3 N–H and O–H groups in total. The molecule has 1 amide bonds. The van der Waals surface area contributed by atoms with Crippen LogP contribution in [-0.2, 0) is 0 Å². The summed E-state index contributed by atoms with van der Waals surface area (Å²) in [6.45, 7) is 3.76. The maximum absolute atomic E-state index is 12.0. The number of aromatic amines is 1. The lowest BCUT2D eigenvalue weighted by atomic mass is 10.1. The number of hydrogen-bond acceptors (Lipinski definition) is 2. The molecule has 4 heteroatoms. The summed E-state index contributed by atoms with van der Waals surface area (Å²) in [5.41, 5.74) is 1.56. The molecule has 0 atom stereocenters. The molecular formula is C12H15N3O. The highest BCUT2D eigenvalue weighted by Crippen LogP contribution is 2.18. The third-order valence-corrected chi connectivity index (χ3v) is 2.61. The number of amides is 1. The van der Waals surface area contributed by atoms with Crippen LogP contribution in [0.3, 0.4) is 0 Å². The number of carbonyl (C=O) groups excluding carboxylic acids is 1. The Balaban J connectivity index is 2.44. The first kappa shape index (κ1) is 10.7. The third kappa shape index (κ3) is 1.67. The van der Waals surface area contributed by atoms with E-state index >= 15 is 0 Å². The van der Waals surface area contributed by atoms with Crippen molar-refractivity contribution in [2.24, 2.45) is 5.84 Å². The van der Waals surface area contributed by atoms with E-state index in [1.54, 1.807) is 6.20 Å². The zero-order valence-electron chi connectivity index (χ0n) is 9.40. The highest BCUT2D eigenvalue weighted by atomic mass is 16.2. The van der Waals surface area contributed by atoms with Gasteiger partial charge in [-0.15, -0.1) is 0 Å². The van der Waals surface area contributed by atoms with Gasteiger partial charge in [0.15, 0.2) is 0 Å². The first-order chi connectivity index (χ1) is 7.61. The van der Waals surface area contributed by atoms with Crippen LogP contribution in [0, 0.1) is 0 Å². The summed E-state index contributed by atoms with van der Waals surface area (Å²) in [4.78, 5) is 15.1. The quantitative estimate of drug-likeness (QED) is 0.458. The number of aromatic nitrogens is 1. The van der Waals surface area contributed by atoms with Gasteiger partial charge in [0.2, 0.25) is 0 Å². The fourth-order valence-corrected chi connectivity index (χ4v) is 1.62. The van der Waals surface area contributed by atoms with Crippen molar-refractivity contribution >= 4 is 16.8 Å². The predicted molar refractivity (Wildman–Crippen MR) is 63.8 cm³/mol. The second kappa shape index (κ2) is 3.98. The number of para-hydroxylation sites is 1. The summed E-state index contributed by atoms with van der Waals surface area (Å²) in [5, 5.41) is 2.15. The van der Waals surface area contributed by atoms with Crippen LogP contribution in [0.4, 0.5) is 0 Å². The molecule has 16 heavy (non-hydrogen) atoms. The molecule has 1 heterocycles. The minimum Gasteiger partial charge on any atom is -0.360 e. The molecular weight excluding hydrogens is 202 g/mol.